The summed E-state index contributed by atoms with van der Waals surface area (Å²) >= 11 is 1.68. The molecule has 21 heavy (non-hydrogen) atoms. The van der Waals surface area contributed by atoms with Crippen LogP contribution in [0, 0.1) is 6.92 Å². The third-order valence-corrected chi connectivity index (χ3v) is 4.17. The molecule has 0 bridgehead atoms. The largest absolute Gasteiger partial charge is 0.369 e. The Hall–Kier alpha value is -1.95. The summed E-state index contributed by atoms with van der Waals surface area (Å²) < 4.78 is 0. The number of nitrogens with zero attached hydrogens (tertiary/aromatic N) is 2. The Balaban J connectivity index is 1.96. The van der Waals surface area contributed by atoms with Crippen LogP contribution < -0.4 is 10.6 Å². The Kier molecular flexibility index (Phi) is 5.27. The molecule has 2 N–H and O–H groups in total. The Morgan fingerprint density at radius 3 is 2.67 bits per heavy atom. The number of thiophene rings is 1. The van der Waals surface area contributed by atoms with Gasteiger partial charge in [-0.15, -0.1) is 21.5 Å². The van der Waals surface area contributed by atoms with Crippen LogP contribution in [-0.2, 0) is 0 Å². The molecule has 1 unspecified atom stereocenters. The van der Waals surface area contributed by atoms with Gasteiger partial charge in [0.2, 0.25) is 0 Å². The van der Waals surface area contributed by atoms with Gasteiger partial charge in [0.1, 0.15) is 5.82 Å². The first-order chi connectivity index (χ1) is 10.1. The van der Waals surface area contributed by atoms with Crippen LogP contribution in [0.15, 0.2) is 24.3 Å². The lowest BCUT2D eigenvalue weighted by Crippen LogP contribution is -2.27. The highest BCUT2D eigenvalue weighted by molar-refractivity contribution is 7.12. The van der Waals surface area contributed by atoms with Crippen molar-refractivity contribution in [3.63, 3.8) is 0 Å². The quantitative estimate of drug-likeness (QED) is 0.860. The Labute approximate surface area is 128 Å². The summed E-state index contributed by atoms with van der Waals surface area (Å²) in [6, 6.07) is 7.52. The van der Waals surface area contributed by atoms with E-state index in [2.05, 4.69) is 40.7 Å². The second-order valence-corrected chi connectivity index (χ2v) is 6.19. The lowest BCUT2D eigenvalue weighted by Gasteiger charge is -2.11. The predicted octanol–water partition coefficient (Wildman–Crippen LogP) is 3.16. The summed E-state index contributed by atoms with van der Waals surface area (Å²) in [4.78, 5) is 14.5. The number of carbonyl (C=O) groups is 1. The molecule has 2 heterocycles. The van der Waals surface area contributed by atoms with Crippen LogP contribution in [0.25, 0.3) is 0 Å². The highest BCUT2D eigenvalue weighted by Crippen LogP contribution is 2.22. The van der Waals surface area contributed by atoms with Crippen LogP contribution in [-0.4, -0.2) is 22.6 Å². The smallest absolute Gasteiger partial charge is 0.272 e. The van der Waals surface area contributed by atoms with Crippen LogP contribution in [0.3, 0.4) is 0 Å². The molecule has 1 amide bonds. The molecular weight excluding hydrogens is 284 g/mol. The molecule has 2 rings (SSSR count). The predicted molar refractivity (Wildman–Crippen MR) is 85.7 cm³/mol. The maximum absolute atomic E-state index is 12.1. The van der Waals surface area contributed by atoms with Crippen molar-refractivity contribution in [1.82, 2.24) is 15.5 Å². The normalized spacial score (nSPS) is 12.0. The maximum Gasteiger partial charge on any atom is 0.272 e. The zero-order valence-electron chi connectivity index (χ0n) is 12.5. The summed E-state index contributed by atoms with van der Waals surface area (Å²) in [5.41, 5.74) is 0.331. The van der Waals surface area contributed by atoms with Crippen LogP contribution in [0.4, 0.5) is 5.82 Å². The van der Waals surface area contributed by atoms with E-state index in [1.54, 1.807) is 23.5 Å². The minimum Gasteiger partial charge on any atom is -0.369 e. The van der Waals surface area contributed by atoms with E-state index in [4.69, 9.17) is 0 Å². The van der Waals surface area contributed by atoms with E-state index in [1.165, 1.54) is 4.88 Å². The van der Waals surface area contributed by atoms with Gasteiger partial charge in [0.25, 0.3) is 5.91 Å². The molecule has 0 spiro atoms. The van der Waals surface area contributed by atoms with Gasteiger partial charge in [-0.2, -0.15) is 0 Å². The van der Waals surface area contributed by atoms with Crippen molar-refractivity contribution in [2.24, 2.45) is 0 Å². The van der Waals surface area contributed by atoms with Crippen molar-refractivity contribution in [3.05, 3.63) is 39.7 Å². The van der Waals surface area contributed by atoms with Gasteiger partial charge in [-0.25, -0.2) is 0 Å². The topological polar surface area (TPSA) is 66.9 Å². The first-order valence-corrected chi connectivity index (χ1v) is 7.86. The standard InChI is InChI=1S/C15H20N4OS/c1-4-9-16-14-8-6-12(18-19-14)15(20)17-11(3)13-7-5-10(2)21-13/h5-8,11H,4,9H2,1-3H3,(H,16,19)(H,17,20). The zero-order valence-corrected chi connectivity index (χ0v) is 13.3. The second kappa shape index (κ2) is 7.17. The summed E-state index contributed by atoms with van der Waals surface area (Å²) in [5, 5.41) is 14.0. The van der Waals surface area contributed by atoms with Gasteiger partial charge in [-0.1, -0.05) is 6.92 Å². The van der Waals surface area contributed by atoms with Gasteiger partial charge < -0.3 is 10.6 Å². The molecule has 0 aromatic carbocycles. The van der Waals surface area contributed by atoms with Gasteiger partial charge >= 0.3 is 0 Å². The third kappa shape index (κ3) is 4.26. The zero-order chi connectivity index (χ0) is 15.2. The van der Waals surface area contributed by atoms with Crippen molar-refractivity contribution in [3.8, 4) is 0 Å². The number of anilines is 1. The number of aromatic nitrogens is 2. The highest BCUT2D eigenvalue weighted by Gasteiger charge is 2.14. The SMILES string of the molecule is CCCNc1ccc(C(=O)NC(C)c2ccc(C)s2)nn1. The Morgan fingerprint density at radius 1 is 1.29 bits per heavy atom. The first kappa shape index (κ1) is 15.4. The van der Waals surface area contributed by atoms with E-state index < -0.39 is 0 Å². The molecule has 0 fully saturated rings. The van der Waals surface area contributed by atoms with E-state index >= 15 is 0 Å². The van der Waals surface area contributed by atoms with Gasteiger partial charge in [0, 0.05) is 16.3 Å². The molecular formula is C15H20N4OS. The van der Waals surface area contributed by atoms with Crippen LogP contribution in [0.2, 0.25) is 0 Å². The van der Waals surface area contributed by atoms with Gasteiger partial charge in [-0.3, -0.25) is 4.79 Å². The van der Waals surface area contributed by atoms with E-state index in [9.17, 15) is 4.79 Å². The molecule has 5 nitrogen and oxygen atoms in total. The van der Waals surface area contributed by atoms with Gasteiger partial charge in [-0.05, 0) is 44.5 Å². The number of carbonyl (C=O) groups excluding carboxylic acids is 1. The lowest BCUT2D eigenvalue weighted by molar-refractivity contribution is 0.0934. The minimum absolute atomic E-state index is 0.0316. The number of hydrogen-bond acceptors (Lipinski definition) is 5. The minimum atomic E-state index is -0.205. The van der Waals surface area contributed by atoms with E-state index in [0.717, 1.165) is 17.8 Å². The second-order valence-electron chi connectivity index (χ2n) is 4.87. The van der Waals surface area contributed by atoms with Crippen molar-refractivity contribution in [1.29, 1.82) is 0 Å². The van der Waals surface area contributed by atoms with Crippen molar-refractivity contribution >= 4 is 23.1 Å². The average Bonchev–Trinajstić information content (AvgIpc) is 2.92. The molecule has 0 aliphatic carbocycles. The number of hydrogen-bond donors (Lipinski definition) is 2. The molecule has 0 aliphatic rings. The molecule has 112 valence electrons. The van der Waals surface area contributed by atoms with E-state index in [1.807, 2.05) is 13.0 Å². The highest BCUT2D eigenvalue weighted by atomic mass is 32.1. The number of rotatable bonds is 6. The van der Waals surface area contributed by atoms with E-state index in [-0.39, 0.29) is 11.9 Å². The van der Waals surface area contributed by atoms with Crippen LogP contribution in [0.1, 0.15) is 46.6 Å². The maximum atomic E-state index is 12.1. The average molecular weight is 304 g/mol. The fourth-order valence-electron chi connectivity index (χ4n) is 1.83. The summed E-state index contributed by atoms with van der Waals surface area (Å²) in [7, 11) is 0. The summed E-state index contributed by atoms with van der Waals surface area (Å²) in [6.45, 7) is 6.94. The van der Waals surface area contributed by atoms with E-state index in [0.29, 0.717) is 11.5 Å². The fraction of sp³-hybridized carbons (Fsp3) is 0.400. The Morgan fingerprint density at radius 2 is 2.10 bits per heavy atom. The summed E-state index contributed by atoms with van der Waals surface area (Å²) in [6.07, 6.45) is 1.02. The molecule has 0 aliphatic heterocycles. The molecule has 2 aromatic rings. The molecule has 0 radical (unpaired) electrons. The fourth-order valence-corrected chi connectivity index (χ4v) is 2.71. The summed E-state index contributed by atoms with van der Waals surface area (Å²) in [5.74, 6) is 0.485. The van der Waals surface area contributed by atoms with Crippen LogP contribution in [0.5, 0.6) is 0 Å². The van der Waals surface area contributed by atoms with Crippen LogP contribution >= 0.6 is 11.3 Å². The van der Waals surface area contributed by atoms with Crippen molar-refractivity contribution in [2.75, 3.05) is 11.9 Å². The van der Waals surface area contributed by atoms with Crippen molar-refractivity contribution < 1.29 is 4.79 Å². The monoisotopic (exact) mass is 304 g/mol. The number of nitrogens with one attached hydrogen (secondary N) is 2. The van der Waals surface area contributed by atoms with Crippen molar-refractivity contribution in [2.45, 2.75) is 33.2 Å². The molecule has 6 heteroatoms. The number of aryl methyl sites for hydroxylation is 1. The molecule has 0 saturated heterocycles. The Bertz CT molecular complexity index is 594. The third-order valence-electron chi connectivity index (χ3n) is 2.99. The molecule has 0 saturated carbocycles. The van der Waals surface area contributed by atoms with Gasteiger partial charge in [0.15, 0.2) is 5.69 Å². The number of amides is 1. The lowest BCUT2D eigenvalue weighted by atomic mass is 10.2. The van der Waals surface area contributed by atoms with Gasteiger partial charge in [0.05, 0.1) is 6.04 Å². The first-order valence-electron chi connectivity index (χ1n) is 7.05. The molecule has 1 atom stereocenters. The molecule has 2 aromatic heterocycles.